The normalized spacial score (nSPS) is 14.5. The fourth-order valence-electron chi connectivity index (χ4n) is 2.79. The smallest absolute Gasteiger partial charge is 0.207 e. The fraction of sp³-hybridized carbons (Fsp3) is 0.222. The number of aryl methyl sites for hydroxylation is 1. The molecule has 0 aliphatic heterocycles. The Morgan fingerprint density at radius 1 is 1.09 bits per heavy atom. The van der Waals surface area contributed by atoms with Gasteiger partial charge in [0, 0.05) is 18.6 Å². The van der Waals surface area contributed by atoms with Gasteiger partial charge in [0.15, 0.2) is 0 Å². The number of nitrogens with zero attached hydrogens (tertiary/aromatic N) is 1. The summed E-state index contributed by atoms with van der Waals surface area (Å²) in [7, 11) is -1.86. The van der Waals surface area contributed by atoms with Gasteiger partial charge in [-0.05, 0) is 47.7 Å². The average Bonchev–Trinajstić information content (AvgIpc) is 2.54. The van der Waals surface area contributed by atoms with Gasteiger partial charge in [0.05, 0.1) is 4.91 Å². The first-order valence-corrected chi connectivity index (χ1v) is 9.28. The number of rotatable bonds is 4. The maximum Gasteiger partial charge on any atom is 0.239 e. The minimum atomic E-state index is -3.46. The van der Waals surface area contributed by atoms with Crippen molar-refractivity contribution in [2.75, 3.05) is 7.05 Å². The highest BCUT2D eigenvalue weighted by molar-refractivity contribution is 7.93. The number of benzene rings is 2. The zero-order valence-electron chi connectivity index (χ0n) is 12.9. The van der Waals surface area contributed by atoms with E-state index in [9.17, 15) is 8.42 Å². The Morgan fingerprint density at radius 2 is 1.87 bits per heavy atom. The first-order chi connectivity index (χ1) is 11.0. The van der Waals surface area contributed by atoms with Crippen LogP contribution in [-0.4, -0.2) is 19.8 Å². The highest BCUT2D eigenvalue weighted by atomic mass is 35.5. The van der Waals surface area contributed by atoms with Crippen LogP contribution in [0.3, 0.4) is 0 Å². The highest BCUT2D eigenvalue weighted by Gasteiger charge is 2.26. The van der Waals surface area contributed by atoms with Crippen molar-refractivity contribution in [1.29, 1.82) is 0 Å². The Morgan fingerprint density at radius 3 is 2.65 bits per heavy atom. The number of fused-ring (bicyclic) bond motifs is 1. The summed E-state index contributed by atoms with van der Waals surface area (Å²) in [5.74, 6) is 0. The van der Waals surface area contributed by atoms with Gasteiger partial charge in [0.2, 0.25) is 10.0 Å². The quantitative estimate of drug-likeness (QED) is 0.835. The molecule has 2 aromatic carbocycles. The minimum Gasteiger partial charge on any atom is -0.207 e. The minimum absolute atomic E-state index is 0.307. The molecule has 0 radical (unpaired) electrons. The van der Waals surface area contributed by atoms with E-state index in [0.717, 1.165) is 17.5 Å². The lowest BCUT2D eigenvalue weighted by molar-refractivity contribution is 0.471. The van der Waals surface area contributed by atoms with Crippen LogP contribution in [0.4, 0.5) is 0 Å². The number of halogens is 1. The molecule has 1 aliphatic rings. The molecule has 0 saturated carbocycles. The summed E-state index contributed by atoms with van der Waals surface area (Å²) in [6, 6.07) is 15.2. The molecule has 0 saturated heterocycles. The molecule has 23 heavy (non-hydrogen) atoms. The maximum atomic E-state index is 12.8. The second-order valence-corrected chi connectivity index (χ2v) is 8.23. The van der Waals surface area contributed by atoms with Gasteiger partial charge in [-0.15, -0.1) is 0 Å². The molecule has 120 valence electrons. The third kappa shape index (κ3) is 3.50. The van der Waals surface area contributed by atoms with Crippen molar-refractivity contribution in [3.8, 4) is 0 Å². The Hall–Kier alpha value is -1.62. The molecule has 2 aromatic rings. The van der Waals surface area contributed by atoms with E-state index in [1.807, 2.05) is 36.4 Å². The predicted octanol–water partition coefficient (Wildman–Crippen LogP) is 4.09. The van der Waals surface area contributed by atoms with Gasteiger partial charge in [-0.3, -0.25) is 0 Å². The first-order valence-electron chi connectivity index (χ1n) is 7.46. The van der Waals surface area contributed by atoms with Crippen LogP contribution >= 0.6 is 11.6 Å². The molecule has 0 heterocycles. The zero-order chi connectivity index (χ0) is 16.4. The lowest BCUT2D eigenvalue weighted by atomic mass is 9.98. The predicted molar refractivity (Wildman–Crippen MR) is 94.6 cm³/mol. The first kappa shape index (κ1) is 16.2. The van der Waals surface area contributed by atoms with Gasteiger partial charge in [0.1, 0.15) is 0 Å². The van der Waals surface area contributed by atoms with Crippen molar-refractivity contribution in [3.05, 3.63) is 75.1 Å². The van der Waals surface area contributed by atoms with Gasteiger partial charge < -0.3 is 0 Å². The van der Waals surface area contributed by atoms with Crippen molar-refractivity contribution < 1.29 is 8.42 Å². The lowest BCUT2D eigenvalue weighted by Gasteiger charge is -2.22. The number of allylic oxidation sites excluding steroid dienone is 1. The van der Waals surface area contributed by atoms with Crippen molar-refractivity contribution in [2.24, 2.45) is 0 Å². The molecule has 0 spiro atoms. The van der Waals surface area contributed by atoms with Crippen LogP contribution in [0.25, 0.3) is 6.08 Å². The summed E-state index contributed by atoms with van der Waals surface area (Å²) < 4.78 is 27.0. The Kier molecular flexibility index (Phi) is 4.57. The molecule has 0 N–H and O–H groups in total. The monoisotopic (exact) mass is 347 g/mol. The topological polar surface area (TPSA) is 37.4 Å². The third-order valence-corrected chi connectivity index (χ3v) is 6.22. The third-order valence-electron chi connectivity index (χ3n) is 4.05. The molecule has 3 nitrogen and oxygen atoms in total. The van der Waals surface area contributed by atoms with Crippen LogP contribution in [-0.2, 0) is 23.0 Å². The van der Waals surface area contributed by atoms with Crippen LogP contribution < -0.4 is 0 Å². The lowest BCUT2D eigenvalue weighted by Crippen LogP contribution is -2.28. The Labute approximate surface area is 142 Å². The van der Waals surface area contributed by atoms with Gasteiger partial charge in [-0.2, -0.15) is 4.31 Å². The standard InChI is InChI=1S/C18H18ClNO2S/c1-20(13-14-5-4-8-17(19)11-14)23(21,22)18-10-9-15-6-2-3-7-16(15)12-18/h2-8,11-12H,9-10,13H2,1H3. The molecular weight excluding hydrogens is 330 g/mol. The van der Waals surface area contributed by atoms with Gasteiger partial charge >= 0.3 is 0 Å². The number of sulfonamides is 1. The van der Waals surface area contributed by atoms with Crippen molar-refractivity contribution in [1.82, 2.24) is 4.31 Å². The van der Waals surface area contributed by atoms with Crippen molar-refractivity contribution in [2.45, 2.75) is 19.4 Å². The summed E-state index contributed by atoms with van der Waals surface area (Å²) in [5, 5.41) is 0.610. The molecule has 0 atom stereocenters. The van der Waals surface area contributed by atoms with Gasteiger partial charge in [-0.1, -0.05) is 48.0 Å². The summed E-state index contributed by atoms with van der Waals surface area (Å²) in [6.07, 6.45) is 3.09. The van der Waals surface area contributed by atoms with Crippen LogP contribution in [0.5, 0.6) is 0 Å². The molecule has 0 fully saturated rings. The highest BCUT2D eigenvalue weighted by Crippen LogP contribution is 2.29. The van der Waals surface area contributed by atoms with Crippen LogP contribution in [0.15, 0.2) is 53.4 Å². The van der Waals surface area contributed by atoms with Crippen molar-refractivity contribution in [3.63, 3.8) is 0 Å². The molecule has 0 unspecified atom stereocenters. The molecule has 1 aliphatic carbocycles. The average molecular weight is 348 g/mol. The second kappa shape index (κ2) is 6.48. The van der Waals surface area contributed by atoms with E-state index < -0.39 is 10.0 Å². The summed E-state index contributed by atoms with van der Waals surface area (Å²) in [4.78, 5) is 0.473. The molecule has 0 aromatic heterocycles. The molecular formula is C18H18ClNO2S. The second-order valence-electron chi connectivity index (χ2n) is 5.70. The fourth-order valence-corrected chi connectivity index (χ4v) is 4.36. The number of hydrogen-bond donors (Lipinski definition) is 0. The molecule has 0 amide bonds. The van der Waals surface area contributed by atoms with E-state index in [2.05, 4.69) is 0 Å². The van der Waals surface area contributed by atoms with E-state index in [1.54, 1.807) is 25.3 Å². The van der Waals surface area contributed by atoms with Crippen LogP contribution in [0.1, 0.15) is 23.1 Å². The SMILES string of the molecule is CN(Cc1cccc(Cl)c1)S(=O)(=O)C1=Cc2ccccc2CC1. The van der Waals surface area contributed by atoms with Gasteiger partial charge in [-0.25, -0.2) is 8.42 Å². The molecule has 3 rings (SSSR count). The van der Waals surface area contributed by atoms with Gasteiger partial charge in [0.25, 0.3) is 0 Å². The molecule has 0 bridgehead atoms. The summed E-state index contributed by atoms with van der Waals surface area (Å²) in [6.45, 7) is 0.307. The van der Waals surface area contributed by atoms with E-state index in [-0.39, 0.29) is 0 Å². The van der Waals surface area contributed by atoms with E-state index in [0.29, 0.717) is 22.9 Å². The van der Waals surface area contributed by atoms with E-state index in [4.69, 9.17) is 11.6 Å². The number of hydrogen-bond acceptors (Lipinski definition) is 2. The largest absolute Gasteiger partial charge is 0.239 e. The molecule has 5 heteroatoms. The van der Waals surface area contributed by atoms with E-state index >= 15 is 0 Å². The van der Waals surface area contributed by atoms with Crippen LogP contribution in [0.2, 0.25) is 5.02 Å². The van der Waals surface area contributed by atoms with E-state index in [1.165, 1.54) is 9.87 Å². The Balaban J connectivity index is 1.85. The summed E-state index contributed by atoms with van der Waals surface area (Å²) in [5.41, 5.74) is 3.07. The Bertz CT molecular complexity index is 859. The van der Waals surface area contributed by atoms with Crippen LogP contribution in [0, 0.1) is 0 Å². The zero-order valence-corrected chi connectivity index (χ0v) is 14.4. The summed E-state index contributed by atoms with van der Waals surface area (Å²) >= 11 is 5.97. The van der Waals surface area contributed by atoms with Crippen molar-refractivity contribution >= 4 is 27.7 Å². The maximum absolute atomic E-state index is 12.8.